The van der Waals surface area contributed by atoms with E-state index in [-0.39, 0.29) is 11.4 Å². The largest absolute Gasteiger partial charge is 0.492 e. The van der Waals surface area contributed by atoms with Gasteiger partial charge in [0, 0.05) is 11.4 Å². The Kier molecular flexibility index (Phi) is 3.75. The number of pyridine rings is 1. The molecule has 126 valence electrons. The van der Waals surface area contributed by atoms with Gasteiger partial charge < -0.3 is 5.11 Å². The van der Waals surface area contributed by atoms with Crippen LogP contribution in [-0.2, 0) is 0 Å². The number of nitriles is 1. The molecular formula is C20H15N5O. The van der Waals surface area contributed by atoms with Crippen molar-refractivity contribution >= 4 is 23.0 Å². The number of aromatic hydroxyl groups is 1. The van der Waals surface area contributed by atoms with Crippen LogP contribution in [0.5, 0.6) is 5.88 Å². The summed E-state index contributed by atoms with van der Waals surface area (Å²) in [5.41, 5.74) is 3.12. The number of anilines is 3. The quantitative estimate of drug-likeness (QED) is 0.607. The molecule has 0 amide bonds. The first-order valence-electron chi connectivity index (χ1n) is 8.08. The standard InChI is InChI=1S/C20H15N5O/c1-14-12-18-22-20(23-25(18)19(26)17(14)13-21)24(15-8-4-2-5-9-15)16-10-6-3-7-11-16/h2-12,26H,1H3. The summed E-state index contributed by atoms with van der Waals surface area (Å²) in [7, 11) is 0. The molecule has 0 aliphatic heterocycles. The third-order valence-electron chi connectivity index (χ3n) is 4.13. The van der Waals surface area contributed by atoms with Crippen LogP contribution in [0.25, 0.3) is 5.65 Å². The summed E-state index contributed by atoms with van der Waals surface area (Å²) in [6, 6.07) is 23.2. The van der Waals surface area contributed by atoms with Gasteiger partial charge in [-0.25, -0.2) is 0 Å². The van der Waals surface area contributed by atoms with Crippen LogP contribution >= 0.6 is 0 Å². The summed E-state index contributed by atoms with van der Waals surface area (Å²) < 4.78 is 1.29. The smallest absolute Gasteiger partial charge is 0.254 e. The van der Waals surface area contributed by atoms with Crippen LogP contribution in [-0.4, -0.2) is 19.7 Å². The normalized spacial score (nSPS) is 10.6. The second-order valence-electron chi connectivity index (χ2n) is 5.83. The average molecular weight is 341 g/mol. The number of para-hydroxylation sites is 2. The Morgan fingerprint density at radius 2 is 1.58 bits per heavy atom. The number of rotatable bonds is 3. The molecule has 0 saturated heterocycles. The number of aromatic nitrogens is 3. The molecule has 0 atom stereocenters. The molecule has 26 heavy (non-hydrogen) atoms. The SMILES string of the molecule is Cc1cc2nc(N(c3ccccc3)c3ccccc3)nn2c(O)c1C#N. The van der Waals surface area contributed by atoms with Gasteiger partial charge in [-0.05, 0) is 42.8 Å². The molecule has 4 aromatic rings. The molecule has 2 aromatic carbocycles. The maximum Gasteiger partial charge on any atom is 0.254 e. The van der Waals surface area contributed by atoms with Gasteiger partial charge in [0.15, 0.2) is 5.65 Å². The molecule has 6 heteroatoms. The Labute approximate surface area is 150 Å². The van der Waals surface area contributed by atoms with Gasteiger partial charge in [0.05, 0.1) is 0 Å². The predicted molar refractivity (Wildman–Crippen MR) is 98.8 cm³/mol. The molecule has 0 unspecified atom stereocenters. The molecule has 6 nitrogen and oxygen atoms in total. The van der Waals surface area contributed by atoms with E-state index < -0.39 is 0 Å². The zero-order chi connectivity index (χ0) is 18.1. The summed E-state index contributed by atoms with van der Waals surface area (Å²) in [4.78, 5) is 6.47. The fourth-order valence-corrected chi connectivity index (χ4v) is 2.88. The zero-order valence-corrected chi connectivity index (χ0v) is 14.0. The van der Waals surface area contributed by atoms with Crippen LogP contribution in [0, 0.1) is 18.3 Å². The van der Waals surface area contributed by atoms with Crippen LogP contribution in [0.4, 0.5) is 17.3 Å². The van der Waals surface area contributed by atoms with Gasteiger partial charge in [0.25, 0.3) is 5.95 Å². The number of hydrogen-bond donors (Lipinski definition) is 1. The number of nitrogens with zero attached hydrogens (tertiary/aromatic N) is 5. The van der Waals surface area contributed by atoms with Gasteiger partial charge in [0.2, 0.25) is 5.88 Å². The molecule has 0 radical (unpaired) electrons. The lowest BCUT2D eigenvalue weighted by atomic mass is 10.2. The summed E-state index contributed by atoms with van der Waals surface area (Å²) in [6.45, 7) is 1.76. The fourth-order valence-electron chi connectivity index (χ4n) is 2.88. The van der Waals surface area contributed by atoms with Crippen molar-refractivity contribution in [3.05, 3.63) is 77.9 Å². The number of aryl methyl sites for hydroxylation is 1. The van der Waals surface area contributed by atoms with Crippen LogP contribution < -0.4 is 4.90 Å². The van der Waals surface area contributed by atoms with Crippen molar-refractivity contribution in [2.75, 3.05) is 4.90 Å². The van der Waals surface area contributed by atoms with E-state index in [4.69, 9.17) is 0 Å². The van der Waals surface area contributed by atoms with E-state index in [0.717, 1.165) is 11.4 Å². The van der Waals surface area contributed by atoms with Gasteiger partial charge in [-0.1, -0.05) is 36.4 Å². The second kappa shape index (κ2) is 6.22. The van der Waals surface area contributed by atoms with Gasteiger partial charge >= 0.3 is 0 Å². The van der Waals surface area contributed by atoms with Crippen molar-refractivity contribution in [2.24, 2.45) is 0 Å². The predicted octanol–water partition coefficient (Wildman–Crippen LogP) is 4.08. The highest BCUT2D eigenvalue weighted by molar-refractivity contribution is 5.73. The molecule has 0 saturated carbocycles. The van der Waals surface area contributed by atoms with Crippen molar-refractivity contribution in [2.45, 2.75) is 6.92 Å². The summed E-state index contributed by atoms with van der Waals surface area (Å²) >= 11 is 0. The third-order valence-corrected chi connectivity index (χ3v) is 4.13. The summed E-state index contributed by atoms with van der Waals surface area (Å²) in [5.74, 6) is 0.203. The van der Waals surface area contributed by atoms with Crippen molar-refractivity contribution in [1.82, 2.24) is 14.6 Å². The first-order chi connectivity index (χ1) is 12.7. The van der Waals surface area contributed by atoms with Gasteiger partial charge in [0.1, 0.15) is 11.6 Å². The van der Waals surface area contributed by atoms with Crippen LogP contribution in [0.15, 0.2) is 66.7 Å². The lowest BCUT2D eigenvalue weighted by Crippen LogP contribution is -2.11. The molecule has 0 bridgehead atoms. The van der Waals surface area contributed by atoms with E-state index in [9.17, 15) is 10.4 Å². The Bertz CT molecular complexity index is 1070. The van der Waals surface area contributed by atoms with Crippen LogP contribution in [0.2, 0.25) is 0 Å². The maximum atomic E-state index is 10.4. The Balaban J connectivity index is 1.95. The van der Waals surface area contributed by atoms with Gasteiger partial charge in [-0.2, -0.15) is 14.8 Å². The summed E-state index contributed by atoms with van der Waals surface area (Å²) in [5, 5.41) is 24.1. The minimum absolute atomic E-state index is 0.194. The van der Waals surface area contributed by atoms with Gasteiger partial charge in [-0.15, -0.1) is 5.10 Å². The van der Waals surface area contributed by atoms with E-state index in [2.05, 4.69) is 10.1 Å². The highest BCUT2D eigenvalue weighted by Crippen LogP contribution is 2.33. The van der Waals surface area contributed by atoms with Crippen molar-refractivity contribution in [3.63, 3.8) is 0 Å². The molecule has 2 heterocycles. The third kappa shape index (κ3) is 2.52. The molecule has 4 rings (SSSR count). The second-order valence-corrected chi connectivity index (χ2v) is 5.83. The van der Waals surface area contributed by atoms with E-state index >= 15 is 0 Å². The minimum Gasteiger partial charge on any atom is -0.492 e. The average Bonchev–Trinajstić information content (AvgIpc) is 3.08. The van der Waals surface area contributed by atoms with Gasteiger partial charge in [-0.3, -0.25) is 4.90 Å². The zero-order valence-electron chi connectivity index (χ0n) is 14.0. The molecule has 0 spiro atoms. The molecular weight excluding hydrogens is 326 g/mol. The maximum absolute atomic E-state index is 10.4. The lowest BCUT2D eigenvalue weighted by Gasteiger charge is -2.21. The van der Waals surface area contributed by atoms with Crippen molar-refractivity contribution in [1.29, 1.82) is 5.26 Å². The van der Waals surface area contributed by atoms with Crippen molar-refractivity contribution in [3.8, 4) is 11.9 Å². The first kappa shape index (κ1) is 15.7. The Morgan fingerprint density at radius 1 is 1.00 bits per heavy atom. The fraction of sp³-hybridized carbons (Fsp3) is 0.0500. The topological polar surface area (TPSA) is 77.5 Å². The van der Waals surface area contributed by atoms with E-state index in [1.807, 2.05) is 71.6 Å². The van der Waals surface area contributed by atoms with E-state index in [1.54, 1.807) is 13.0 Å². The first-order valence-corrected chi connectivity index (χ1v) is 8.08. The molecule has 0 aliphatic carbocycles. The van der Waals surface area contributed by atoms with E-state index in [1.165, 1.54) is 4.52 Å². The van der Waals surface area contributed by atoms with Crippen LogP contribution in [0.3, 0.4) is 0 Å². The number of fused-ring (bicyclic) bond motifs is 1. The Hall–Kier alpha value is -3.85. The van der Waals surface area contributed by atoms with Crippen LogP contribution in [0.1, 0.15) is 11.1 Å². The lowest BCUT2D eigenvalue weighted by molar-refractivity contribution is 0.434. The molecule has 1 N–H and O–H groups in total. The molecule has 0 fully saturated rings. The van der Waals surface area contributed by atoms with E-state index in [0.29, 0.717) is 17.2 Å². The highest BCUT2D eigenvalue weighted by Gasteiger charge is 2.20. The monoisotopic (exact) mass is 341 g/mol. The number of benzene rings is 2. The minimum atomic E-state index is -0.206. The summed E-state index contributed by atoms with van der Waals surface area (Å²) in [6.07, 6.45) is 0. The molecule has 0 aliphatic rings. The highest BCUT2D eigenvalue weighted by atomic mass is 16.3. The Morgan fingerprint density at radius 3 is 2.12 bits per heavy atom. The number of hydrogen-bond acceptors (Lipinski definition) is 5. The van der Waals surface area contributed by atoms with Crippen molar-refractivity contribution < 1.29 is 5.11 Å². The molecule has 2 aromatic heterocycles.